The molecule has 2 heterocycles. The summed E-state index contributed by atoms with van der Waals surface area (Å²) in [7, 11) is 1.50. The van der Waals surface area contributed by atoms with Crippen LogP contribution in [0.1, 0.15) is 70.3 Å². The van der Waals surface area contributed by atoms with E-state index in [4.69, 9.17) is 36.3 Å². The molecule has 2 aliphatic rings. The van der Waals surface area contributed by atoms with Gasteiger partial charge in [0, 0.05) is 31.8 Å². The minimum absolute atomic E-state index is 0.0121. The van der Waals surface area contributed by atoms with Crippen LogP contribution in [0.15, 0.2) is 54.6 Å². The molecule has 1 fully saturated rings. The highest BCUT2D eigenvalue weighted by Crippen LogP contribution is 2.45. The van der Waals surface area contributed by atoms with Gasteiger partial charge in [0.15, 0.2) is 6.10 Å². The first-order chi connectivity index (χ1) is 23.2. The van der Waals surface area contributed by atoms with Crippen molar-refractivity contribution in [3.63, 3.8) is 0 Å². The standard InChI is InChI=1S/C37H48ClN3O8/c1-21(2)16-30-35(44)47-28(22(3)32-33(49-32)25-13-10-23(19-39)11-14-25)8-7-9-31(42)41-27(18-24-12-15-29(46-6)26(38)17-24)34(43)40-20-37(4,5)36(45)48-30/h7,9-15,17,21-22,27-28,30,32-33H,8,16,18-20,39H2,1-6H3,(H,40,43)(H,41,42)/b9-7+/t22-,27+,28?,30-,32-,33-/m0/s1. The van der Waals surface area contributed by atoms with Crippen LogP contribution >= 0.6 is 11.6 Å². The van der Waals surface area contributed by atoms with E-state index >= 15 is 0 Å². The van der Waals surface area contributed by atoms with Gasteiger partial charge < -0.3 is 35.3 Å². The maximum Gasteiger partial charge on any atom is 0.347 e. The topological polar surface area (TPSA) is 159 Å². The van der Waals surface area contributed by atoms with Gasteiger partial charge in [0.25, 0.3) is 0 Å². The van der Waals surface area contributed by atoms with Crippen molar-refractivity contribution in [2.75, 3.05) is 13.7 Å². The third kappa shape index (κ3) is 10.3. The lowest BCUT2D eigenvalue weighted by Gasteiger charge is -2.29. The van der Waals surface area contributed by atoms with Crippen molar-refractivity contribution in [3.8, 4) is 5.75 Å². The molecular formula is C37H48ClN3O8. The highest BCUT2D eigenvalue weighted by molar-refractivity contribution is 6.32. The van der Waals surface area contributed by atoms with E-state index in [0.717, 1.165) is 11.1 Å². The van der Waals surface area contributed by atoms with Gasteiger partial charge in [-0.25, -0.2) is 4.79 Å². The van der Waals surface area contributed by atoms with Crippen molar-refractivity contribution < 1.29 is 38.1 Å². The van der Waals surface area contributed by atoms with Gasteiger partial charge in [-0.2, -0.15) is 0 Å². The molecule has 0 spiro atoms. The fourth-order valence-corrected chi connectivity index (χ4v) is 5.95. The Balaban J connectivity index is 1.60. The van der Waals surface area contributed by atoms with Gasteiger partial charge in [-0.3, -0.25) is 14.4 Å². The van der Waals surface area contributed by atoms with Crippen molar-refractivity contribution in [1.29, 1.82) is 0 Å². The molecule has 2 amide bonds. The van der Waals surface area contributed by atoms with E-state index in [1.807, 2.05) is 45.0 Å². The van der Waals surface area contributed by atoms with Crippen LogP contribution in [0.25, 0.3) is 0 Å². The number of nitrogens with one attached hydrogen (secondary N) is 2. The summed E-state index contributed by atoms with van der Waals surface area (Å²) in [6, 6.07) is 12.0. The Morgan fingerprint density at radius 3 is 2.35 bits per heavy atom. The maximum atomic E-state index is 13.6. The fraction of sp³-hybridized carbons (Fsp3) is 0.514. The Morgan fingerprint density at radius 1 is 1.02 bits per heavy atom. The average Bonchev–Trinajstić information content (AvgIpc) is 3.86. The third-order valence-electron chi connectivity index (χ3n) is 8.82. The number of epoxide rings is 1. The van der Waals surface area contributed by atoms with Crippen molar-refractivity contribution >= 4 is 35.4 Å². The minimum Gasteiger partial charge on any atom is -0.495 e. The molecule has 1 unspecified atom stereocenters. The molecule has 0 bridgehead atoms. The number of ether oxygens (including phenoxy) is 4. The highest BCUT2D eigenvalue weighted by atomic mass is 35.5. The lowest BCUT2D eigenvalue weighted by Crippen LogP contribution is -2.51. The molecule has 49 heavy (non-hydrogen) atoms. The van der Waals surface area contributed by atoms with Gasteiger partial charge in [-0.15, -0.1) is 0 Å². The number of nitrogens with two attached hydrogens (primary N) is 1. The molecule has 12 heteroatoms. The minimum atomic E-state index is -1.21. The highest BCUT2D eigenvalue weighted by Gasteiger charge is 2.48. The van der Waals surface area contributed by atoms with Crippen LogP contribution in [0.2, 0.25) is 5.02 Å². The number of hydrogen-bond acceptors (Lipinski definition) is 9. The first-order valence-corrected chi connectivity index (χ1v) is 17.0. The largest absolute Gasteiger partial charge is 0.495 e. The van der Waals surface area contributed by atoms with Crippen molar-refractivity contribution in [2.24, 2.45) is 23.0 Å². The number of carbonyl (C=O) groups excluding carboxylic acids is 4. The predicted octanol–water partition coefficient (Wildman–Crippen LogP) is 4.58. The van der Waals surface area contributed by atoms with Crippen molar-refractivity contribution in [2.45, 2.75) is 90.9 Å². The number of rotatable bonds is 9. The van der Waals surface area contributed by atoms with Crippen LogP contribution in [0, 0.1) is 17.3 Å². The van der Waals surface area contributed by atoms with Gasteiger partial charge in [-0.1, -0.05) is 68.8 Å². The van der Waals surface area contributed by atoms with Crippen molar-refractivity contribution in [3.05, 3.63) is 76.3 Å². The number of esters is 2. The second-order valence-electron chi connectivity index (χ2n) is 13.8. The summed E-state index contributed by atoms with van der Waals surface area (Å²) in [5.41, 5.74) is 7.22. The second-order valence-corrected chi connectivity index (χ2v) is 14.2. The molecule has 2 aromatic carbocycles. The van der Waals surface area contributed by atoms with Crippen LogP contribution in [0.3, 0.4) is 0 Å². The Labute approximate surface area is 293 Å². The number of halogens is 1. The number of methoxy groups -OCH3 is 1. The quantitative estimate of drug-likeness (QED) is 0.252. The number of carbonyl (C=O) groups is 4. The molecule has 0 saturated carbocycles. The number of amides is 2. The lowest BCUT2D eigenvalue weighted by molar-refractivity contribution is -0.179. The monoisotopic (exact) mass is 697 g/mol. The number of benzene rings is 2. The smallest absolute Gasteiger partial charge is 0.347 e. The Morgan fingerprint density at radius 2 is 1.71 bits per heavy atom. The van der Waals surface area contributed by atoms with E-state index in [0.29, 0.717) is 22.9 Å². The molecule has 11 nitrogen and oxygen atoms in total. The summed E-state index contributed by atoms with van der Waals surface area (Å²) >= 11 is 6.32. The van der Waals surface area contributed by atoms with E-state index in [1.165, 1.54) is 13.2 Å². The van der Waals surface area contributed by atoms with E-state index in [9.17, 15) is 19.2 Å². The Kier molecular flexibility index (Phi) is 12.9. The van der Waals surface area contributed by atoms with Gasteiger partial charge in [0.05, 0.1) is 23.7 Å². The first-order valence-electron chi connectivity index (χ1n) is 16.7. The zero-order chi connectivity index (χ0) is 35.9. The predicted molar refractivity (Wildman–Crippen MR) is 185 cm³/mol. The Hall–Kier alpha value is -3.93. The van der Waals surface area contributed by atoms with E-state index in [-0.39, 0.29) is 49.9 Å². The van der Waals surface area contributed by atoms with Gasteiger partial charge in [-0.05, 0) is 61.1 Å². The van der Waals surface area contributed by atoms with E-state index < -0.39 is 47.4 Å². The Bertz CT molecular complexity index is 1530. The summed E-state index contributed by atoms with van der Waals surface area (Å²) in [4.78, 5) is 53.7. The normalized spacial score (nSPS) is 26.2. The summed E-state index contributed by atoms with van der Waals surface area (Å²) in [5, 5.41) is 5.91. The molecule has 0 aliphatic carbocycles. The van der Waals surface area contributed by atoms with Crippen LogP contribution in [0.4, 0.5) is 0 Å². The van der Waals surface area contributed by atoms with Crippen LogP contribution in [0.5, 0.6) is 5.75 Å². The lowest BCUT2D eigenvalue weighted by atomic mass is 9.92. The number of hydrogen-bond donors (Lipinski definition) is 3. The molecular weight excluding hydrogens is 650 g/mol. The second kappa shape index (κ2) is 16.7. The molecule has 1 saturated heterocycles. The molecule has 4 N–H and O–H groups in total. The average molecular weight is 698 g/mol. The van der Waals surface area contributed by atoms with Crippen LogP contribution < -0.4 is 21.1 Å². The van der Waals surface area contributed by atoms with Gasteiger partial charge in [0.1, 0.15) is 24.0 Å². The number of cyclic esters (lactones) is 2. The molecule has 4 rings (SSSR count). The summed E-state index contributed by atoms with van der Waals surface area (Å²) in [6.45, 7) is 9.33. The van der Waals surface area contributed by atoms with Crippen LogP contribution in [-0.2, 0) is 46.4 Å². The first kappa shape index (κ1) is 37.9. The molecule has 2 aliphatic heterocycles. The summed E-state index contributed by atoms with van der Waals surface area (Å²) < 4.78 is 23.1. The summed E-state index contributed by atoms with van der Waals surface area (Å²) in [5.74, 6) is -2.14. The molecule has 266 valence electrons. The SMILES string of the molecule is COc1ccc(C[C@H]2NC(=O)/C=C/CC([C@H](C)[C@@H]3O[C@H]3c3ccc(CN)cc3)OC(=O)[C@H](CC(C)C)OC(=O)C(C)(C)CNC2=O)cc1Cl. The van der Waals surface area contributed by atoms with Gasteiger partial charge in [0.2, 0.25) is 11.8 Å². The van der Waals surface area contributed by atoms with Crippen molar-refractivity contribution in [1.82, 2.24) is 10.6 Å². The zero-order valence-corrected chi connectivity index (χ0v) is 29.8. The molecule has 0 aromatic heterocycles. The van der Waals surface area contributed by atoms with E-state index in [1.54, 1.807) is 38.1 Å². The maximum absolute atomic E-state index is 13.6. The van der Waals surface area contributed by atoms with Crippen LogP contribution in [-0.4, -0.2) is 61.8 Å². The van der Waals surface area contributed by atoms with E-state index in [2.05, 4.69) is 10.6 Å². The molecule has 0 radical (unpaired) electrons. The van der Waals surface area contributed by atoms with Gasteiger partial charge >= 0.3 is 11.9 Å². The molecule has 2 aromatic rings. The molecule has 6 atom stereocenters. The summed E-state index contributed by atoms with van der Waals surface area (Å²) in [6.07, 6.45) is 1.18. The third-order valence-corrected chi connectivity index (χ3v) is 9.12. The zero-order valence-electron chi connectivity index (χ0n) is 29.0. The fourth-order valence-electron chi connectivity index (χ4n) is 5.67.